The molecule has 0 heterocycles. The maximum absolute atomic E-state index is 13.2. The van der Waals surface area contributed by atoms with Crippen molar-refractivity contribution >= 4 is 116 Å². The summed E-state index contributed by atoms with van der Waals surface area (Å²) in [5, 5.41) is 27.3. The Labute approximate surface area is 337 Å². The van der Waals surface area contributed by atoms with Gasteiger partial charge in [-0.1, -0.05) is 115 Å². The van der Waals surface area contributed by atoms with E-state index in [1.54, 1.807) is 106 Å². The molecule has 4 N–H and O–H groups in total. The summed E-state index contributed by atoms with van der Waals surface area (Å²) in [7, 11) is 0. The number of hydrazone groups is 1. The number of carbonyl (C=O) groups is 2. The minimum atomic E-state index is -0.912. The maximum Gasteiger partial charge on any atom is 0.353 e. The fourth-order valence-electron chi connectivity index (χ4n) is 5.02. The summed E-state index contributed by atoms with van der Waals surface area (Å²) in [5.74, 6) is -3.20. The molecule has 9 nitrogen and oxygen atoms in total. The first-order valence-corrected chi connectivity index (χ1v) is 18.4. The zero-order valence-electron chi connectivity index (χ0n) is 28.6. The highest BCUT2D eigenvalue weighted by Gasteiger charge is 2.29. The number of benzene rings is 4. The van der Waals surface area contributed by atoms with E-state index in [-0.39, 0.29) is 17.8 Å². The van der Waals surface area contributed by atoms with Crippen LogP contribution in [-0.4, -0.2) is 41.3 Å². The molecule has 53 heavy (non-hydrogen) atoms. The van der Waals surface area contributed by atoms with Crippen molar-refractivity contribution in [2.75, 3.05) is 5.32 Å². The summed E-state index contributed by atoms with van der Waals surface area (Å²) in [6, 6.07) is 23.0. The zero-order chi connectivity index (χ0) is 38.8. The lowest BCUT2D eigenvalue weighted by molar-refractivity contribution is -0.138. The normalized spacial score (nSPS) is 13.9. The molecule has 4 unspecified atom stereocenters. The van der Waals surface area contributed by atoms with Crippen LogP contribution in [-0.2, 0) is 14.3 Å². The molecule has 15 heteroatoms. The van der Waals surface area contributed by atoms with Crippen LogP contribution in [0.5, 0.6) is 0 Å². The van der Waals surface area contributed by atoms with Gasteiger partial charge in [0.25, 0.3) is 5.91 Å². The summed E-state index contributed by atoms with van der Waals surface area (Å²) in [6.45, 7) is 5.11. The second-order valence-corrected chi connectivity index (χ2v) is 14.4. The Bertz CT molecular complexity index is 2040. The standard InChI is InChI=1S/C38H34Cl6N6O3/c1-4-28(53-38(52)34(46)21(3)36(23-7-11-25(40)12-8-23)49-32-16-14-27(42)18-30(32)44)19-47-50-37(51)33(45)20(2)35(22-5-9-24(39)10-6-22)48-31-15-13-26(41)17-29(31)43/h5-21,28,35,45-46,48H,4H2,1-3H3,(H,50,51)/b45-33?,46-34?,47-19-,49-36?. The zero-order valence-corrected chi connectivity index (χ0v) is 33.1. The quantitative estimate of drug-likeness (QED) is 0.0538. The van der Waals surface area contributed by atoms with E-state index in [1.807, 2.05) is 0 Å². The third-order valence-corrected chi connectivity index (χ3v) is 9.68. The van der Waals surface area contributed by atoms with Crippen molar-refractivity contribution < 1.29 is 14.3 Å². The van der Waals surface area contributed by atoms with Gasteiger partial charge in [0.2, 0.25) is 0 Å². The number of hydrogen-bond donors (Lipinski definition) is 4. The molecular weight excluding hydrogens is 801 g/mol. The molecule has 0 spiro atoms. The van der Waals surface area contributed by atoms with Gasteiger partial charge in [-0.25, -0.2) is 10.2 Å². The first kappa shape index (κ1) is 41.8. The number of aliphatic imine (C=N–C) groups is 1. The highest BCUT2D eigenvalue weighted by Crippen LogP contribution is 2.34. The third-order valence-electron chi connectivity index (χ3n) is 8.09. The molecule has 276 valence electrons. The summed E-state index contributed by atoms with van der Waals surface area (Å²) in [4.78, 5) is 31.1. The van der Waals surface area contributed by atoms with Gasteiger partial charge in [0, 0.05) is 31.9 Å². The highest BCUT2D eigenvalue weighted by atomic mass is 35.5. The number of ether oxygens (including phenoxy) is 1. The molecule has 4 atom stereocenters. The van der Waals surface area contributed by atoms with Crippen molar-refractivity contribution in [2.45, 2.75) is 39.3 Å². The molecule has 0 radical (unpaired) electrons. The summed E-state index contributed by atoms with van der Waals surface area (Å²) in [6.07, 6.45) is 0.610. The molecule has 0 aliphatic heterocycles. The predicted molar refractivity (Wildman–Crippen MR) is 219 cm³/mol. The smallest absolute Gasteiger partial charge is 0.353 e. The number of esters is 1. The average Bonchev–Trinajstić information content (AvgIpc) is 3.13. The SMILES string of the molecule is CCC(/C=N\NC(=O)C(=N)C(C)C(Nc1ccc(Cl)cc1Cl)c1ccc(Cl)cc1)OC(=O)C(=N)C(C)C(=Nc1ccc(Cl)cc1Cl)c1ccc(Cl)cc1. The van der Waals surface area contributed by atoms with Crippen molar-refractivity contribution in [1.82, 2.24) is 5.43 Å². The van der Waals surface area contributed by atoms with Crippen molar-refractivity contribution in [3.8, 4) is 0 Å². The van der Waals surface area contributed by atoms with Crippen LogP contribution in [0.1, 0.15) is 44.4 Å². The van der Waals surface area contributed by atoms with Crippen LogP contribution in [0.2, 0.25) is 30.1 Å². The van der Waals surface area contributed by atoms with Gasteiger partial charge < -0.3 is 10.1 Å². The molecule has 1 amide bonds. The molecule has 0 aliphatic carbocycles. The Balaban J connectivity index is 1.45. The van der Waals surface area contributed by atoms with Gasteiger partial charge in [-0.15, -0.1) is 0 Å². The van der Waals surface area contributed by atoms with Gasteiger partial charge in [0.1, 0.15) is 17.5 Å². The lowest BCUT2D eigenvalue weighted by Crippen LogP contribution is -2.36. The summed E-state index contributed by atoms with van der Waals surface area (Å²) < 4.78 is 5.58. The predicted octanol–water partition coefficient (Wildman–Crippen LogP) is 11.3. The van der Waals surface area contributed by atoms with Gasteiger partial charge in [0.05, 0.1) is 39.4 Å². The van der Waals surface area contributed by atoms with Crippen molar-refractivity contribution in [3.63, 3.8) is 0 Å². The van der Waals surface area contributed by atoms with E-state index in [9.17, 15) is 9.59 Å². The molecule has 4 aromatic carbocycles. The third kappa shape index (κ3) is 11.5. The first-order valence-electron chi connectivity index (χ1n) is 16.2. The molecule has 0 saturated heterocycles. The van der Waals surface area contributed by atoms with Crippen molar-refractivity contribution in [3.05, 3.63) is 126 Å². The number of carbonyl (C=O) groups excluding carboxylic acids is 2. The van der Waals surface area contributed by atoms with Crippen LogP contribution in [0, 0.1) is 22.7 Å². The van der Waals surface area contributed by atoms with E-state index in [0.717, 1.165) is 5.56 Å². The first-order chi connectivity index (χ1) is 25.2. The van der Waals surface area contributed by atoms with Crippen LogP contribution < -0.4 is 10.7 Å². The number of amides is 1. The highest BCUT2D eigenvalue weighted by molar-refractivity contribution is 6.42. The van der Waals surface area contributed by atoms with Crippen LogP contribution >= 0.6 is 69.6 Å². The van der Waals surface area contributed by atoms with E-state index in [0.29, 0.717) is 52.8 Å². The second kappa shape index (κ2) is 19.4. The molecule has 4 rings (SSSR count). The fraction of sp³-hybridized carbons (Fsp3) is 0.211. The monoisotopic (exact) mass is 832 g/mol. The Morgan fingerprint density at radius 2 is 1.34 bits per heavy atom. The molecule has 0 aliphatic rings. The van der Waals surface area contributed by atoms with Crippen LogP contribution in [0.4, 0.5) is 11.4 Å². The van der Waals surface area contributed by atoms with Crippen LogP contribution in [0.25, 0.3) is 0 Å². The van der Waals surface area contributed by atoms with Crippen LogP contribution in [0.3, 0.4) is 0 Å². The van der Waals surface area contributed by atoms with E-state index < -0.39 is 35.9 Å². The Morgan fingerprint density at radius 3 is 1.92 bits per heavy atom. The Hall–Kier alpha value is -3.96. The molecule has 0 aromatic heterocycles. The van der Waals surface area contributed by atoms with Gasteiger partial charge in [0.15, 0.2) is 0 Å². The number of halogens is 6. The molecule has 0 saturated carbocycles. The number of nitrogens with zero attached hydrogens (tertiary/aromatic N) is 2. The van der Waals surface area contributed by atoms with E-state index in [2.05, 4.69) is 20.8 Å². The van der Waals surface area contributed by atoms with Crippen molar-refractivity contribution in [1.29, 1.82) is 10.8 Å². The number of hydrogen-bond acceptors (Lipinski definition) is 8. The van der Waals surface area contributed by atoms with Gasteiger partial charge in [-0.3, -0.25) is 20.6 Å². The second-order valence-electron chi connectivity index (χ2n) is 11.8. The van der Waals surface area contributed by atoms with E-state index in [4.69, 9.17) is 85.2 Å². The summed E-state index contributed by atoms with van der Waals surface area (Å²) in [5.41, 5.74) is 4.38. The minimum absolute atomic E-state index is 0.281. The molecule has 4 aromatic rings. The Kier molecular flexibility index (Phi) is 15.3. The maximum atomic E-state index is 13.2. The van der Waals surface area contributed by atoms with Gasteiger partial charge in [-0.05, 0) is 78.2 Å². The number of nitrogens with one attached hydrogen (secondary N) is 4. The molecule has 0 bridgehead atoms. The molecular formula is C38H34Cl6N6O3. The Morgan fingerprint density at radius 1 is 0.774 bits per heavy atom. The largest absolute Gasteiger partial charge is 0.452 e. The van der Waals surface area contributed by atoms with Crippen LogP contribution in [0.15, 0.2) is 95.0 Å². The topological polar surface area (TPSA) is 140 Å². The fourth-order valence-corrected chi connectivity index (χ4v) is 6.19. The minimum Gasteiger partial charge on any atom is -0.452 e. The summed E-state index contributed by atoms with van der Waals surface area (Å²) >= 11 is 37.2. The van der Waals surface area contributed by atoms with Gasteiger partial charge in [-0.2, -0.15) is 5.10 Å². The van der Waals surface area contributed by atoms with E-state index in [1.165, 1.54) is 6.21 Å². The van der Waals surface area contributed by atoms with E-state index >= 15 is 0 Å². The lowest BCUT2D eigenvalue weighted by atomic mass is 9.90. The van der Waals surface area contributed by atoms with Crippen molar-refractivity contribution in [2.24, 2.45) is 21.9 Å². The lowest BCUT2D eigenvalue weighted by Gasteiger charge is -2.27. The number of anilines is 1. The number of rotatable bonds is 15. The van der Waals surface area contributed by atoms with Gasteiger partial charge >= 0.3 is 5.97 Å². The average molecular weight is 835 g/mol. The molecule has 0 fully saturated rings.